The highest BCUT2D eigenvalue weighted by Crippen LogP contribution is 2.36. The highest BCUT2D eigenvalue weighted by Gasteiger charge is 2.48. The lowest BCUT2D eigenvalue weighted by molar-refractivity contribution is -0.150. The zero-order valence-electron chi connectivity index (χ0n) is 22.8. The second-order valence-electron chi connectivity index (χ2n) is 9.85. The molecule has 1 aliphatic rings. The Hall–Kier alpha value is -4.33. The third kappa shape index (κ3) is 7.24. The van der Waals surface area contributed by atoms with Crippen LogP contribution >= 0.6 is 11.6 Å². The van der Waals surface area contributed by atoms with E-state index in [1.165, 1.54) is 24.3 Å². The van der Waals surface area contributed by atoms with E-state index >= 15 is 0 Å². The number of aromatic nitrogens is 1. The highest BCUT2D eigenvalue weighted by atomic mass is 35.5. The van der Waals surface area contributed by atoms with Gasteiger partial charge in [-0.2, -0.15) is 26.3 Å². The number of nitrogens with zero attached hydrogens (tertiary/aromatic N) is 2. The van der Waals surface area contributed by atoms with Gasteiger partial charge in [-0.15, -0.1) is 0 Å². The number of carbonyl (C=O) groups is 3. The fourth-order valence-corrected chi connectivity index (χ4v) is 4.87. The predicted molar refractivity (Wildman–Crippen MR) is 144 cm³/mol. The maximum Gasteiger partial charge on any atom is 0.417 e. The van der Waals surface area contributed by atoms with Crippen molar-refractivity contribution < 1.29 is 50.2 Å². The molecule has 0 radical (unpaired) electrons. The number of benzene rings is 2. The first-order valence-corrected chi connectivity index (χ1v) is 13.3. The van der Waals surface area contributed by atoms with E-state index in [0.29, 0.717) is 11.1 Å². The fourth-order valence-electron chi connectivity index (χ4n) is 4.74. The van der Waals surface area contributed by atoms with Gasteiger partial charge >= 0.3 is 18.3 Å². The maximum atomic E-state index is 14.0. The molecule has 1 saturated heterocycles. The SMILES string of the molecule is COC(=O)C(NC(=O)C1(Oc2ccc(C(F)(F)F)cc2)CCCN(C(=O)c2cnccc2C(F)(F)F)C1)c1ccc(Cl)cc1. The summed E-state index contributed by atoms with van der Waals surface area (Å²) in [5, 5.41) is 2.85. The van der Waals surface area contributed by atoms with Crippen LogP contribution in [0, 0.1) is 0 Å². The molecule has 234 valence electrons. The Labute approximate surface area is 251 Å². The van der Waals surface area contributed by atoms with E-state index in [2.05, 4.69) is 10.3 Å². The Bertz CT molecular complexity index is 1520. The Balaban J connectivity index is 1.73. The molecular formula is C29H24ClF6N3O5. The lowest BCUT2D eigenvalue weighted by atomic mass is 9.89. The smallest absolute Gasteiger partial charge is 0.417 e. The van der Waals surface area contributed by atoms with Gasteiger partial charge in [0.2, 0.25) is 5.60 Å². The number of carbonyl (C=O) groups excluding carboxylic acids is 3. The molecule has 1 aliphatic heterocycles. The van der Waals surface area contributed by atoms with Crippen LogP contribution in [-0.2, 0) is 26.7 Å². The minimum absolute atomic E-state index is 0.0469. The molecule has 4 rings (SSSR count). The molecule has 8 nitrogen and oxygen atoms in total. The molecule has 15 heteroatoms. The minimum Gasteiger partial charge on any atom is -0.476 e. The van der Waals surface area contributed by atoms with Crippen molar-refractivity contribution in [1.29, 1.82) is 0 Å². The van der Waals surface area contributed by atoms with Crippen molar-refractivity contribution in [2.75, 3.05) is 20.2 Å². The van der Waals surface area contributed by atoms with E-state index in [0.717, 1.165) is 48.7 Å². The zero-order valence-corrected chi connectivity index (χ0v) is 23.6. The molecular weight excluding hydrogens is 620 g/mol. The van der Waals surface area contributed by atoms with Crippen molar-refractivity contribution in [1.82, 2.24) is 15.2 Å². The molecule has 1 aromatic heterocycles. The third-order valence-corrected chi connectivity index (χ3v) is 7.18. The summed E-state index contributed by atoms with van der Waals surface area (Å²) in [6, 6.07) is 8.45. The molecule has 2 unspecified atom stereocenters. The van der Waals surface area contributed by atoms with Crippen LogP contribution in [-0.4, -0.2) is 53.5 Å². The molecule has 2 atom stereocenters. The first-order valence-electron chi connectivity index (χ1n) is 13.0. The Morgan fingerprint density at radius 2 is 1.64 bits per heavy atom. The van der Waals surface area contributed by atoms with E-state index in [1.807, 2.05) is 0 Å². The summed E-state index contributed by atoms with van der Waals surface area (Å²) >= 11 is 5.94. The van der Waals surface area contributed by atoms with E-state index in [1.54, 1.807) is 0 Å². The highest BCUT2D eigenvalue weighted by molar-refractivity contribution is 6.30. The van der Waals surface area contributed by atoms with Gasteiger partial charge in [0.05, 0.1) is 30.3 Å². The second kappa shape index (κ2) is 12.7. The molecule has 2 aromatic carbocycles. The first kappa shape index (κ1) is 32.6. The Kier molecular flexibility index (Phi) is 9.42. The standard InChI is InChI=1S/C29H24ClF6N3O5/c1-43-25(41)23(17-3-7-19(30)8-4-17)38-26(42)27(44-20-9-5-18(6-10-20)28(31,32)33)12-2-14-39(16-27)24(40)21-15-37-13-11-22(21)29(34,35)36/h3-11,13,15,23H,2,12,14,16H2,1H3,(H,38,42). The van der Waals surface area contributed by atoms with Gasteiger partial charge in [-0.25, -0.2) is 4.79 Å². The normalized spacial score (nSPS) is 17.9. The van der Waals surface area contributed by atoms with Crippen LogP contribution in [0.25, 0.3) is 0 Å². The van der Waals surface area contributed by atoms with Gasteiger partial charge < -0.3 is 19.7 Å². The van der Waals surface area contributed by atoms with Gasteiger partial charge in [-0.1, -0.05) is 23.7 Å². The van der Waals surface area contributed by atoms with Gasteiger partial charge in [0.1, 0.15) is 5.75 Å². The molecule has 44 heavy (non-hydrogen) atoms. The summed E-state index contributed by atoms with van der Waals surface area (Å²) in [7, 11) is 1.08. The predicted octanol–water partition coefficient (Wildman–Crippen LogP) is 5.86. The van der Waals surface area contributed by atoms with Crippen LogP contribution < -0.4 is 10.1 Å². The summed E-state index contributed by atoms with van der Waals surface area (Å²) in [6.07, 6.45) is -7.98. The lowest BCUT2D eigenvalue weighted by Gasteiger charge is -2.42. The van der Waals surface area contributed by atoms with Gasteiger partial charge in [-0.05, 0) is 60.9 Å². The number of hydrogen-bond acceptors (Lipinski definition) is 6. The number of piperidine rings is 1. The van der Waals surface area contributed by atoms with E-state index in [4.69, 9.17) is 21.1 Å². The Morgan fingerprint density at radius 1 is 0.977 bits per heavy atom. The van der Waals surface area contributed by atoms with Crippen LogP contribution in [0.5, 0.6) is 5.75 Å². The van der Waals surface area contributed by atoms with Gasteiger partial charge in [0.25, 0.3) is 11.8 Å². The third-order valence-electron chi connectivity index (χ3n) is 6.92. The average molecular weight is 644 g/mol. The van der Waals surface area contributed by atoms with Crippen molar-refractivity contribution in [3.63, 3.8) is 0 Å². The molecule has 2 heterocycles. The fraction of sp³-hybridized carbons (Fsp3) is 0.310. The van der Waals surface area contributed by atoms with Crippen molar-refractivity contribution in [2.45, 2.75) is 36.8 Å². The average Bonchev–Trinajstić information content (AvgIpc) is 2.99. The largest absolute Gasteiger partial charge is 0.476 e. The van der Waals surface area contributed by atoms with Crippen LogP contribution in [0.2, 0.25) is 5.02 Å². The summed E-state index contributed by atoms with van der Waals surface area (Å²) in [5.74, 6) is -3.15. The number of methoxy groups -OCH3 is 1. The minimum atomic E-state index is -4.89. The number of rotatable bonds is 7. The summed E-state index contributed by atoms with van der Waals surface area (Å²) in [4.78, 5) is 44.7. The van der Waals surface area contributed by atoms with Crippen molar-refractivity contribution in [3.8, 4) is 5.75 Å². The van der Waals surface area contributed by atoms with Crippen LogP contribution in [0.1, 0.15) is 45.9 Å². The number of hydrogen-bond donors (Lipinski definition) is 1. The first-order chi connectivity index (χ1) is 20.6. The monoisotopic (exact) mass is 643 g/mol. The molecule has 1 fully saturated rings. The number of ether oxygens (including phenoxy) is 2. The Morgan fingerprint density at radius 3 is 2.23 bits per heavy atom. The van der Waals surface area contributed by atoms with E-state index < -0.39 is 65.0 Å². The summed E-state index contributed by atoms with van der Waals surface area (Å²) in [5.41, 5.74) is -4.79. The number of likely N-dealkylation sites (tertiary alicyclic amines) is 1. The van der Waals surface area contributed by atoms with Crippen LogP contribution in [0.15, 0.2) is 67.0 Å². The van der Waals surface area contributed by atoms with Crippen molar-refractivity contribution >= 4 is 29.4 Å². The maximum absolute atomic E-state index is 14.0. The number of esters is 1. The number of halogens is 7. The topological polar surface area (TPSA) is 97.8 Å². The van der Waals surface area contributed by atoms with Gasteiger partial charge in [0.15, 0.2) is 6.04 Å². The van der Waals surface area contributed by atoms with Gasteiger partial charge in [-0.3, -0.25) is 14.6 Å². The van der Waals surface area contributed by atoms with Gasteiger partial charge in [0, 0.05) is 24.0 Å². The lowest BCUT2D eigenvalue weighted by Crippen LogP contribution is -2.62. The summed E-state index contributed by atoms with van der Waals surface area (Å²) in [6.45, 7) is -0.687. The summed E-state index contributed by atoms with van der Waals surface area (Å²) < 4.78 is 91.3. The molecule has 1 N–H and O–H groups in total. The number of amides is 2. The van der Waals surface area contributed by atoms with Crippen LogP contribution in [0.3, 0.4) is 0 Å². The van der Waals surface area contributed by atoms with Crippen molar-refractivity contribution in [3.05, 3.63) is 94.3 Å². The van der Waals surface area contributed by atoms with E-state index in [9.17, 15) is 40.7 Å². The number of pyridine rings is 1. The van der Waals surface area contributed by atoms with Crippen LogP contribution in [0.4, 0.5) is 26.3 Å². The number of alkyl halides is 6. The molecule has 0 bridgehead atoms. The zero-order chi connectivity index (χ0) is 32.3. The molecule has 0 saturated carbocycles. The molecule has 0 spiro atoms. The molecule has 2 amide bonds. The molecule has 3 aromatic rings. The van der Waals surface area contributed by atoms with Crippen molar-refractivity contribution in [2.24, 2.45) is 0 Å². The van der Waals surface area contributed by atoms with E-state index in [-0.39, 0.29) is 30.7 Å². The quantitative estimate of drug-likeness (QED) is 0.256. The number of nitrogens with one attached hydrogen (secondary N) is 1. The molecule has 0 aliphatic carbocycles. The second-order valence-corrected chi connectivity index (χ2v) is 10.3.